The van der Waals surface area contributed by atoms with Crippen molar-refractivity contribution in [1.29, 1.82) is 10.5 Å². The zero-order valence-corrected chi connectivity index (χ0v) is 13.7. The van der Waals surface area contributed by atoms with Crippen molar-refractivity contribution in [3.8, 4) is 23.6 Å². The summed E-state index contributed by atoms with van der Waals surface area (Å²) in [7, 11) is 3.10. The summed E-state index contributed by atoms with van der Waals surface area (Å²) >= 11 is 0. The average Bonchev–Trinajstić information content (AvgIpc) is 2.67. The zero-order valence-electron chi connectivity index (χ0n) is 13.7. The van der Waals surface area contributed by atoms with Gasteiger partial charge in [0, 0.05) is 17.3 Å². The molecule has 0 saturated carbocycles. The predicted octanol–water partition coefficient (Wildman–Crippen LogP) is 3.74. The Hall–Kier alpha value is -3.77. The molecule has 0 radical (unpaired) electrons. The minimum absolute atomic E-state index is 0.391. The predicted molar refractivity (Wildman–Crippen MR) is 94.0 cm³/mol. The number of pyridine rings is 1. The molecule has 6 heteroatoms. The van der Waals surface area contributed by atoms with Gasteiger partial charge < -0.3 is 14.8 Å². The number of aromatic nitrogens is 1. The van der Waals surface area contributed by atoms with Gasteiger partial charge in [0.2, 0.25) is 0 Å². The maximum absolute atomic E-state index is 9.45. The van der Waals surface area contributed by atoms with Crippen LogP contribution in [0.5, 0.6) is 11.5 Å². The Kier molecular flexibility index (Phi) is 4.36. The van der Waals surface area contributed by atoms with Gasteiger partial charge in [-0.1, -0.05) is 6.07 Å². The fraction of sp³-hybridized carbons (Fsp3) is 0.105. The zero-order chi connectivity index (χ0) is 17.8. The molecule has 3 rings (SSSR count). The minimum Gasteiger partial charge on any atom is -0.493 e. The van der Waals surface area contributed by atoms with Gasteiger partial charge in [-0.2, -0.15) is 10.5 Å². The molecule has 0 atom stereocenters. The van der Waals surface area contributed by atoms with Crippen LogP contribution in [-0.4, -0.2) is 19.2 Å². The number of rotatable bonds is 4. The second-order valence-electron chi connectivity index (χ2n) is 5.17. The van der Waals surface area contributed by atoms with Crippen LogP contribution < -0.4 is 14.8 Å². The summed E-state index contributed by atoms with van der Waals surface area (Å²) in [5, 5.41) is 22.4. The summed E-state index contributed by atoms with van der Waals surface area (Å²) in [5.41, 5.74) is 2.81. The highest BCUT2D eigenvalue weighted by atomic mass is 16.5. The standard InChI is InChI=1S/C19H14N4O2/c1-24-16-7-6-15-17(23-14-5-3-4-12(8-14)9-20)13(10-21)11-22-18(15)19(16)25-2/h3-8,11H,1-2H3,(H,22,23). The van der Waals surface area contributed by atoms with Crippen LogP contribution in [0.25, 0.3) is 10.9 Å². The Morgan fingerprint density at radius 3 is 2.56 bits per heavy atom. The fourth-order valence-electron chi connectivity index (χ4n) is 2.61. The number of ether oxygens (including phenoxy) is 2. The molecule has 0 aliphatic carbocycles. The summed E-state index contributed by atoms with van der Waals surface area (Å²) in [5.74, 6) is 1.06. The first-order valence-electron chi connectivity index (χ1n) is 7.42. The molecular weight excluding hydrogens is 316 g/mol. The van der Waals surface area contributed by atoms with Crippen LogP contribution in [-0.2, 0) is 0 Å². The third-order valence-electron chi connectivity index (χ3n) is 3.76. The molecule has 3 aromatic rings. The highest BCUT2D eigenvalue weighted by molar-refractivity contribution is 5.99. The van der Waals surface area contributed by atoms with Gasteiger partial charge in [-0.25, -0.2) is 0 Å². The molecule has 2 aromatic carbocycles. The summed E-state index contributed by atoms with van der Waals surface area (Å²) < 4.78 is 10.7. The van der Waals surface area contributed by atoms with Gasteiger partial charge in [-0.3, -0.25) is 4.98 Å². The third kappa shape index (κ3) is 2.89. The number of fused-ring (bicyclic) bond motifs is 1. The van der Waals surface area contributed by atoms with Crippen LogP contribution in [0, 0.1) is 22.7 Å². The maximum Gasteiger partial charge on any atom is 0.187 e. The molecule has 0 bridgehead atoms. The molecule has 6 nitrogen and oxygen atoms in total. The van der Waals surface area contributed by atoms with Gasteiger partial charge in [-0.15, -0.1) is 0 Å². The summed E-state index contributed by atoms with van der Waals surface area (Å²) in [6.07, 6.45) is 1.49. The fourth-order valence-corrected chi connectivity index (χ4v) is 2.61. The number of methoxy groups -OCH3 is 2. The van der Waals surface area contributed by atoms with Crippen LogP contribution in [0.3, 0.4) is 0 Å². The minimum atomic E-state index is 0.391. The van der Waals surface area contributed by atoms with Gasteiger partial charge in [0.25, 0.3) is 0 Å². The Bertz CT molecular complexity index is 1030. The summed E-state index contributed by atoms with van der Waals surface area (Å²) in [6, 6.07) is 14.9. The molecule has 0 aliphatic heterocycles. The molecular formula is C19H14N4O2. The summed E-state index contributed by atoms with van der Waals surface area (Å²) in [6.45, 7) is 0. The average molecular weight is 330 g/mol. The number of nitrogens with one attached hydrogen (secondary N) is 1. The molecule has 0 unspecified atom stereocenters. The van der Waals surface area contributed by atoms with E-state index in [1.54, 1.807) is 38.5 Å². The number of nitrogens with zero attached hydrogens (tertiary/aromatic N) is 3. The molecule has 1 aromatic heterocycles. The quantitative estimate of drug-likeness (QED) is 0.783. The van der Waals surface area contributed by atoms with Crippen molar-refractivity contribution in [1.82, 2.24) is 4.98 Å². The van der Waals surface area contributed by atoms with Gasteiger partial charge in [0.05, 0.1) is 37.1 Å². The molecule has 122 valence electrons. The lowest BCUT2D eigenvalue weighted by atomic mass is 10.1. The molecule has 0 amide bonds. The lowest BCUT2D eigenvalue weighted by Gasteiger charge is -2.15. The smallest absolute Gasteiger partial charge is 0.187 e. The second kappa shape index (κ2) is 6.77. The van der Waals surface area contributed by atoms with E-state index in [0.717, 1.165) is 5.39 Å². The van der Waals surface area contributed by atoms with E-state index in [4.69, 9.17) is 14.7 Å². The van der Waals surface area contributed by atoms with Crippen molar-refractivity contribution in [3.63, 3.8) is 0 Å². The third-order valence-corrected chi connectivity index (χ3v) is 3.76. The van der Waals surface area contributed by atoms with Crippen LogP contribution in [0.15, 0.2) is 42.6 Å². The van der Waals surface area contributed by atoms with Crippen LogP contribution >= 0.6 is 0 Å². The summed E-state index contributed by atoms with van der Waals surface area (Å²) in [4.78, 5) is 4.35. The first-order valence-corrected chi connectivity index (χ1v) is 7.42. The molecule has 25 heavy (non-hydrogen) atoms. The van der Waals surface area contributed by atoms with E-state index in [-0.39, 0.29) is 0 Å². The van der Waals surface area contributed by atoms with Crippen molar-refractivity contribution in [2.45, 2.75) is 0 Å². The van der Waals surface area contributed by atoms with E-state index in [1.807, 2.05) is 12.1 Å². The lowest BCUT2D eigenvalue weighted by Crippen LogP contribution is -1.99. The van der Waals surface area contributed by atoms with E-state index in [2.05, 4.69) is 22.4 Å². The van der Waals surface area contributed by atoms with Gasteiger partial charge >= 0.3 is 0 Å². The molecule has 0 fully saturated rings. The first-order chi connectivity index (χ1) is 12.2. The number of hydrogen-bond donors (Lipinski definition) is 1. The maximum atomic E-state index is 9.45. The molecule has 1 N–H and O–H groups in total. The normalized spacial score (nSPS) is 9.92. The number of benzene rings is 2. The van der Waals surface area contributed by atoms with E-state index >= 15 is 0 Å². The van der Waals surface area contributed by atoms with E-state index in [9.17, 15) is 5.26 Å². The molecule has 0 spiro atoms. The van der Waals surface area contributed by atoms with E-state index in [1.165, 1.54) is 6.20 Å². The van der Waals surface area contributed by atoms with Crippen molar-refractivity contribution in [3.05, 3.63) is 53.7 Å². The van der Waals surface area contributed by atoms with Crippen LogP contribution in [0.1, 0.15) is 11.1 Å². The lowest BCUT2D eigenvalue weighted by molar-refractivity contribution is 0.358. The highest BCUT2D eigenvalue weighted by Gasteiger charge is 2.16. The Morgan fingerprint density at radius 2 is 1.88 bits per heavy atom. The SMILES string of the molecule is COc1ccc2c(Nc3cccc(C#N)c3)c(C#N)cnc2c1OC. The van der Waals surface area contributed by atoms with Gasteiger partial charge in [0.1, 0.15) is 11.6 Å². The largest absolute Gasteiger partial charge is 0.493 e. The van der Waals surface area contributed by atoms with Crippen LogP contribution in [0.2, 0.25) is 0 Å². The number of anilines is 2. The van der Waals surface area contributed by atoms with Crippen molar-refractivity contribution >= 4 is 22.3 Å². The Labute approximate surface area is 144 Å². The van der Waals surface area contributed by atoms with E-state index in [0.29, 0.717) is 39.5 Å². The topological polar surface area (TPSA) is 91.0 Å². The highest BCUT2D eigenvalue weighted by Crippen LogP contribution is 2.38. The Morgan fingerprint density at radius 1 is 1.04 bits per heavy atom. The number of hydrogen-bond acceptors (Lipinski definition) is 6. The van der Waals surface area contributed by atoms with Crippen LogP contribution in [0.4, 0.5) is 11.4 Å². The molecule has 0 aliphatic rings. The molecule has 1 heterocycles. The van der Waals surface area contributed by atoms with Crippen molar-refractivity contribution < 1.29 is 9.47 Å². The van der Waals surface area contributed by atoms with Crippen molar-refractivity contribution in [2.24, 2.45) is 0 Å². The van der Waals surface area contributed by atoms with Crippen molar-refractivity contribution in [2.75, 3.05) is 19.5 Å². The van der Waals surface area contributed by atoms with E-state index < -0.39 is 0 Å². The molecule has 0 saturated heterocycles. The number of nitriles is 2. The monoisotopic (exact) mass is 330 g/mol. The van der Waals surface area contributed by atoms with Gasteiger partial charge in [0.15, 0.2) is 11.5 Å². The second-order valence-corrected chi connectivity index (χ2v) is 5.17. The Balaban J connectivity index is 2.22. The van der Waals surface area contributed by atoms with Gasteiger partial charge in [-0.05, 0) is 30.3 Å². The first kappa shape index (κ1) is 16.1.